The first kappa shape index (κ1) is 32.0. The molecule has 2 aliphatic heterocycles. The van der Waals surface area contributed by atoms with Crippen LogP contribution in [0, 0.1) is 17.8 Å². The summed E-state index contributed by atoms with van der Waals surface area (Å²) < 4.78 is 18.9. The van der Waals surface area contributed by atoms with Crippen LogP contribution < -0.4 is 10.6 Å². The van der Waals surface area contributed by atoms with Crippen LogP contribution in [-0.2, 0) is 27.4 Å². The van der Waals surface area contributed by atoms with Crippen LogP contribution >= 0.6 is 0 Å². The van der Waals surface area contributed by atoms with Gasteiger partial charge in [-0.2, -0.15) is 0 Å². The molecule has 6 aliphatic rings. The molecule has 254 valence electrons. The van der Waals surface area contributed by atoms with Crippen LogP contribution in [-0.4, -0.2) is 60.5 Å². The van der Waals surface area contributed by atoms with Gasteiger partial charge in [0.15, 0.2) is 6.29 Å². The molecule has 2 saturated heterocycles. The number of benzene rings is 3. The summed E-state index contributed by atoms with van der Waals surface area (Å²) in [6.45, 7) is 4.66. The van der Waals surface area contributed by atoms with E-state index in [1.54, 1.807) is 0 Å². The van der Waals surface area contributed by atoms with E-state index in [4.69, 9.17) is 14.2 Å². The molecule has 3 aromatic rings. The van der Waals surface area contributed by atoms with Gasteiger partial charge in [-0.05, 0) is 96.2 Å². The van der Waals surface area contributed by atoms with Crippen molar-refractivity contribution in [3.8, 4) is 11.1 Å². The van der Waals surface area contributed by atoms with Gasteiger partial charge in [0.25, 0.3) is 0 Å². The Morgan fingerprint density at radius 2 is 1.48 bits per heavy atom. The first-order valence-corrected chi connectivity index (χ1v) is 18.1. The van der Waals surface area contributed by atoms with E-state index in [1.165, 1.54) is 19.3 Å². The lowest BCUT2D eigenvalue weighted by molar-refractivity contribution is -0.253. The Balaban J connectivity index is 0.949. The van der Waals surface area contributed by atoms with Crippen molar-refractivity contribution in [2.45, 2.75) is 82.1 Å². The number of amides is 2. The second-order valence-electron chi connectivity index (χ2n) is 15.1. The highest BCUT2D eigenvalue weighted by molar-refractivity contribution is 5.75. The van der Waals surface area contributed by atoms with E-state index in [9.17, 15) is 9.90 Å². The Labute approximate surface area is 284 Å². The van der Waals surface area contributed by atoms with Gasteiger partial charge in [-0.15, -0.1) is 0 Å². The van der Waals surface area contributed by atoms with Crippen molar-refractivity contribution in [2.24, 2.45) is 17.8 Å². The number of nitrogens with one attached hydrogen (secondary N) is 2. The van der Waals surface area contributed by atoms with Crippen LogP contribution in [0.15, 0.2) is 72.8 Å². The molecule has 8 nitrogen and oxygen atoms in total. The van der Waals surface area contributed by atoms with Crippen molar-refractivity contribution in [2.75, 3.05) is 32.8 Å². The number of morpholine rings is 1. The molecule has 0 spiro atoms. The zero-order valence-electron chi connectivity index (χ0n) is 27.8. The summed E-state index contributed by atoms with van der Waals surface area (Å²) in [5.41, 5.74) is 6.22. The largest absolute Gasteiger partial charge is 0.392 e. The summed E-state index contributed by atoms with van der Waals surface area (Å²) >= 11 is 0. The third kappa shape index (κ3) is 7.19. The first-order chi connectivity index (χ1) is 23.5. The highest BCUT2D eigenvalue weighted by atomic mass is 16.7. The maximum Gasteiger partial charge on any atom is 0.315 e. The Bertz CT molecular complexity index is 1540. The van der Waals surface area contributed by atoms with Crippen LogP contribution in [0.1, 0.15) is 79.6 Å². The van der Waals surface area contributed by atoms with Gasteiger partial charge in [-0.25, -0.2) is 4.79 Å². The fourth-order valence-electron chi connectivity index (χ4n) is 9.56. The maximum absolute atomic E-state index is 13.1. The molecule has 9 rings (SSSR count). The van der Waals surface area contributed by atoms with Gasteiger partial charge in [0.2, 0.25) is 0 Å². The third-order valence-corrected chi connectivity index (χ3v) is 11.5. The topological polar surface area (TPSA) is 92.3 Å². The van der Waals surface area contributed by atoms with Crippen molar-refractivity contribution < 1.29 is 24.1 Å². The van der Waals surface area contributed by atoms with E-state index in [1.807, 2.05) is 12.1 Å². The average molecular weight is 652 g/mol. The summed E-state index contributed by atoms with van der Waals surface area (Å²) in [6, 6.07) is 24.9. The molecule has 4 saturated carbocycles. The molecule has 3 aromatic carbocycles. The van der Waals surface area contributed by atoms with Crippen molar-refractivity contribution in [3.05, 3.63) is 95.1 Å². The summed E-state index contributed by atoms with van der Waals surface area (Å²) in [5, 5.41) is 16.2. The summed E-state index contributed by atoms with van der Waals surface area (Å²) in [4.78, 5) is 15.5. The summed E-state index contributed by atoms with van der Waals surface area (Å²) in [5.74, 6) is 2.40. The number of rotatable bonds is 9. The Hall–Kier alpha value is -3.27. The lowest BCUT2D eigenvalue weighted by Gasteiger charge is -2.56. The number of ether oxygens (including phenoxy) is 3. The number of hydrogen-bond donors (Lipinski definition) is 3. The molecule has 48 heavy (non-hydrogen) atoms. The van der Waals surface area contributed by atoms with Gasteiger partial charge >= 0.3 is 6.03 Å². The third-order valence-electron chi connectivity index (χ3n) is 11.5. The first-order valence-electron chi connectivity index (χ1n) is 18.1. The molecule has 2 amide bonds. The molecular weight excluding hydrogens is 602 g/mol. The zero-order chi connectivity index (χ0) is 32.5. The Morgan fingerprint density at radius 1 is 0.792 bits per heavy atom. The van der Waals surface area contributed by atoms with Crippen molar-refractivity contribution in [3.63, 3.8) is 0 Å². The van der Waals surface area contributed by atoms with Crippen LogP contribution in [0.3, 0.4) is 0 Å². The van der Waals surface area contributed by atoms with Gasteiger partial charge in [0.1, 0.15) is 0 Å². The predicted molar refractivity (Wildman–Crippen MR) is 184 cm³/mol. The highest BCUT2D eigenvalue weighted by Gasteiger charge is 2.51. The van der Waals surface area contributed by atoms with E-state index in [0.29, 0.717) is 6.54 Å². The minimum Gasteiger partial charge on any atom is -0.392 e. The smallest absolute Gasteiger partial charge is 0.315 e. The van der Waals surface area contributed by atoms with Crippen LogP contribution in [0.25, 0.3) is 11.1 Å². The standard InChI is InChI=1S/C40H49N3O5/c44-26-27-7-9-32(10-8-27)37-20-36(25-43-11-13-46-14-12-43)47-38(48-37)35-6-2-5-34(19-35)33-4-1-3-28(18-33)24-41-39(45)42-40-21-29-15-30(22-40)17-31(16-29)23-40/h1-10,18-19,29-31,36-38,44H,11-17,20-26H2,(H2,41,42,45). The second-order valence-corrected chi connectivity index (χ2v) is 15.1. The van der Waals surface area contributed by atoms with Crippen LogP contribution in [0.4, 0.5) is 4.79 Å². The molecule has 6 fully saturated rings. The monoisotopic (exact) mass is 651 g/mol. The summed E-state index contributed by atoms with van der Waals surface area (Å²) in [7, 11) is 0. The maximum atomic E-state index is 13.1. The minimum absolute atomic E-state index is 0.00648. The number of carbonyl (C=O) groups is 1. The van der Waals surface area contributed by atoms with E-state index in [0.717, 1.165) is 110 Å². The number of aliphatic hydroxyl groups excluding tert-OH is 1. The molecule has 4 bridgehead atoms. The SMILES string of the molecule is O=C(NCc1cccc(-c2cccc(C3OC(CN4CCOCC4)CC(c4ccc(CO)cc4)O3)c2)c1)NC12CC3CC(CC(C3)C1)C2. The van der Waals surface area contributed by atoms with Crippen molar-refractivity contribution in [1.82, 2.24) is 15.5 Å². The number of hydrogen-bond acceptors (Lipinski definition) is 6. The average Bonchev–Trinajstić information content (AvgIpc) is 3.10. The molecule has 2 heterocycles. The van der Waals surface area contributed by atoms with Crippen LogP contribution in [0.2, 0.25) is 0 Å². The molecule has 0 aromatic heterocycles. The zero-order valence-corrected chi connectivity index (χ0v) is 27.8. The number of carbonyl (C=O) groups excluding carboxylic acids is 1. The number of aliphatic hydroxyl groups is 1. The van der Waals surface area contributed by atoms with E-state index >= 15 is 0 Å². The van der Waals surface area contributed by atoms with E-state index in [2.05, 4.69) is 76.2 Å². The summed E-state index contributed by atoms with van der Waals surface area (Å²) in [6.07, 6.45) is 7.69. The normalized spacial score (nSPS) is 31.4. The quantitative estimate of drug-likeness (QED) is 0.245. The number of nitrogens with zero attached hydrogens (tertiary/aromatic N) is 1. The fourth-order valence-corrected chi connectivity index (χ4v) is 9.56. The van der Waals surface area contributed by atoms with Crippen LogP contribution in [0.5, 0.6) is 0 Å². The molecule has 3 unspecified atom stereocenters. The Kier molecular flexibility index (Phi) is 9.27. The minimum atomic E-state index is -0.509. The second kappa shape index (κ2) is 13.9. The van der Waals surface area contributed by atoms with Crippen molar-refractivity contribution >= 4 is 6.03 Å². The van der Waals surface area contributed by atoms with Gasteiger partial charge < -0.3 is 30.0 Å². The molecule has 8 heteroatoms. The molecule has 3 atom stereocenters. The lowest BCUT2D eigenvalue weighted by atomic mass is 9.53. The van der Waals surface area contributed by atoms with E-state index in [-0.39, 0.29) is 30.4 Å². The highest BCUT2D eigenvalue weighted by Crippen LogP contribution is 2.55. The van der Waals surface area contributed by atoms with Gasteiger partial charge in [0.05, 0.1) is 32.0 Å². The molecule has 3 N–H and O–H groups in total. The van der Waals surface area contributed by atoms with E-state index < -0.39 is 6.29 Å². The fraction of sp³-hybridized carbons (Fsp3) is 0.525. The lowest BCUT2D eigenvalue weighted by Crippen LogP contribution is -2.61. The Morgan fingerprint density at radius 3 is 2.19 bits per heavy atom. The predicted octanol–water partition coefficient (Wildman–Crippen LogP) is 6.49. The number of urea groups is 1. The van der Waals surface area contributed by atoms with Gasteiger partial charge in [-0.3, -0.25) is 4.90 Å². The molecule has 0 radical (unpaired) electrons. The molecule has 4 aliphatic carbocycles. The van der Waals surface area contributed by atoms with Crippen molar-refractivity contribution in [1.29, 1.82) is 0 Å². The van der Waals surface area contributed by atoms with Gasteiger partial charge in [0, 0.05) is 43.7 Å². The molecular formula is C40H49N3O5. The van der Waals surface area contributed by atoms with Gasteiger partial charge in [-0.1, -0.05) is 60.7 Å².